The number of likely N-dealkylation sites (tertiary alicyclic amines) is 1. The van der Waals surface area contributed by atoms with E-state index in [1.807, 2.05) is 0 Å². The first kappa shape index (κ1) is 20.9. The lowest BCUT2D eigenvalue weighted by Gasteiger charge is -2.33. The molecule has 0 unspecified atom stereocenters. The average molecular weight is 410 g/mol. The van der Waals surface area contributed by atoms with Crippen molar-refractivity contribution in [2.75, 3.05) is 32.8 Å². The van der Waals surface area contributed by atoms with Crippen LogP contribution in [0.25, 0.3) is 0 Å². The summed E-state index contributed by atoms with van der Waals surface area (Å²) in [5.74, 6) is 0.113. The lowest BCUT2D eigenvalue weighted by atomic mass is 9.96. The summed E-state index contributed by atoms with van der Waals surface area (Å²) in [5, 5.41) is 0. The van der Waals surface area contributed by atoms with Gasteiger partial charge in [-0.2, -0.15) is 0 Å². The third kappa shape index (κ3) is 5.16. The number of nitrogens with one attached hydrogen (secondary N) is 1. The van der Waals surface area contributed by atoms with Gasteiger partial charge in [-0.3, -0.25) is 9.59 Å². The van der Waals surface area contributed by atoms with Gasteiger partial charge in [0.05, 0.1) is 18.1 Å². The molecule has 0 radical (unpaired) electrons. The molecule has 1 N–H and O–H groups in total. The molecule has 0 aromatic heterocycles. The molecule has 1 amide bonds. The summed E-state index contributed by atoms with van der Waals surface area (Å²) in [6.07, 6.45) is 1.60. The van der Waals surface area contributed by atoms with Gasteiger partial charge in [-0.15, -0.1) is 0 Å². The molecule has 0 spiro atoms. The Balaban J connectivity index is 1.43. The zero-order valence-corrected chi connectivity index (χ0v) is 16.7. The highest BCUT2D eigenvalue weighted by molar-refractivity contribution is 7.89. The number of nitrogens with zero attached hydrogens (tertiary/aromatic N) is 1. The van der Waals surface area contributed by atoms with Crippen molar-refractivity contribution in [3.05, 3.63) is 29.8 Å². The van der Waals surface area contributed by atoms with E-state index in [0.29, 0.717) is 37.8 Å². The van der Waals surface area contributed by atoms with Crippen LogP contribution in [-0.2, 0) is 24.3 Å². The molecule has 0 atom stereocenters. The first-order valence-electron chi connectivity index (χ1n) is 9.48. The fourth-order valence-electron chi connectivity index (χ4n) is 3.47. The Morgan fingerprint density at radius 3 is 2.29 bits per heavy atom. The molecule has 154 valence electrons. The highest BCUT2D eigenvalue weighted by Crippen LogP contribution is 2.26. The van der Waals surface area contributed by atoms with Crippen molar-refractivity contribution < 1.29 is 27.5 Å². The maximum absolute atomic E-state index is 12.4. The van der Waals surface area contributed by atoms with Crippen LogP contribution in [0.3, 0.4) is 0 Å². The van der Waals surface area contributed by atoms with Crippen molar-refractivity contribution in [2.24, 2.45) is 5.92 Å². The number of ketones is 1. The van der Waals surface area contributed by atoms with E-state index in [0.717, 1.165) is 12.8 Å². The van der Waals surface area contributed by atoms with Crippen molar-refractivity contribution >= 4 is 21.7 Å². The van der Waals surface area contributed by atoms with Gasteiger partial charge in [0, 0.05) is 37.5 Å². The van der Waals surface area contributed by atoms with Crippen LogP contribution in [0.15, 0.2) is 29.2 Å². The van der Waals surface area contributed by atoms with Crippen LogP contribution >= 0.6 is 0 Å². The second kappa shape index (κ2) is 9.13. The monoisotopic (exact) mass is 410 g/mol. The Morgan fingerprint density at radius 2 is 1.71 bits per heavy atom. The van der Waals surface area contributed by atoms with Crippen LogP contribution in [0, 0.1) is 5.92 Å². The number of amides is 1. The quantitative estimate of drug-likeness (QED) is 0.677. The van der Waals surface area contributed by atoms with E-state index in [2.05, 4.69) is 4.72 Å². The Bertz CT molecular complexity index is 794. The zero-order chi connectivity index (χ0) is 20.1. The highest BCUT2D eigenvalue weighted by Gasteiger charge is 2.31. The van der Waals surface area contributed by atoms with Gasteiger partial charge in [-0.1, -0.05) is 12.1 Å². The van der Waals surface area contributed by atoms with Crippen molar-refractivity contribution in [3.8, 4) is 0 Å². The number of Topliss-reactive ketones (excluding diaryl/α,β-unsaturated/α-hetero) is 1. The summed E-state index contributed by atoms with van der Waals surface area (Å²) >= 11 is 0. The fourth-order valence-corrected chi connectivity index (χ4v) is 4.50. The number of piperidine rings is 1. The first-order valence-corrected chi connectivity index (χ1v) is 11.0. The van der Waals surface area contributed by atoms with Gasteiger partial charge >= 0.3 is 0 Å². The average Bonchev–Trinajstić information content (AvgIpc) is 3.23. The zero-order valence-electron chi connectivity index (χ0n) is 15.9. The lowest BCUT2D eigenvalue weighted by molar-refractivity contribution is -0.136. The molecule has 0 aliphatic carbocycles. The number of benzene rings is 1. The number of sulfonamides is 1. The molecule has 3 rings (SSSR count). The third-order valence-electron chi connectivity index (χ3n) is 5.13. The Hall–Kier alpha value is -1.81. The number of carbonyl (C=O) groups excluding carboxylic acids is 2. The molecule has 1 aromatic rings. The molecule has 0 saturated carbocycles. The van der Waals surface area contributed by atoms with E-state index in [-0.39, 0.29) is 35.8 Å². The fraction of sp³-hybridized carbons (Fsp3) is 0.579. The summed E-state index contributed by atoms with van der Waals surface area (Å²) in [5.41, 5.74) is 0.450. The normalized spacial score (nSPS) is 19.1. The molecule has 2 saturated heterocycles. The number of ether oxygens (including phenoxy) is 2. The minimum atomic E-state index is -3.71. The predicted molar refractivity (Wildman–Crippen MR) is 101 cm³/mol. The molecule has 9 heteroatoms. The molecule has 0 bridgehead atoms. The molecule has 2 aliphatic heterocycles. The number of rotatable bonds is 7. The van der Waals surface area contributed by atoms with Gasteiger partial charge in [0.25, 0.3) is 0 Å². The van der Waals surface area contributed by atoms with Crippen LogP contribution in [0.5, 0.6) is 0 Å². The maximum Gasteiger partial charge on any atom is 0.240 e. The number of hydrogen-bond acceptors (Lipinski definition) is 6. The summed E-state index contributed by atoms with van der Waals surface area (Å²) in [6, 6.07) is 5.73. The summed E-state index contributed by atoms with van der Waals surface area (Å²) in [4.78, 5) is 25.5. The smallest absolute Gasteiger partial charge is 0.240 e. The van der Waals surface area contributed by atoms with Gasteiger partial charge in [-0.25, -0.2) is 13.1 Å². The van der Waals surface area contributed by atoms with E-state index >= 15 is 0 Å². The van der Waals surface area contributed by atoms with Crippen molar-refractivity contribution in [2.45, 2.75) is 37.4 Å². The van der Waals surface area contributed by atoms with E-state index in [1.165, 1.54) is 31.2 Å². The lowest BCUT2D eigenvalue weighted by Crippen LogP contribution is -2.42. The standard InChI is InChI=1S/C19H26N2O6S/c1-14(22)15-2-4-17(5-3-15)28(24,25)20-9-6-18(23)21-10-7-16(8-11-21)19-26-12-13-27-19/h2-5,16,19-20H,6-13H2,1H3. The van der Waals surface area contributed by atoms with Gasteiger partial charge in [0.1, 0.15) is 0 Å². The second-order valence-electron chi connectivity index (χ2n) is 7.06. The van der Waals surface area contributed by atoms with Gasteiger partial charge in [0.2, 0.25) is 15.9 Å². The SMILES string of the molecule is CC(=O)c1ccc(S(=O)(=O)NCCC(=O)N2CCC(C3OCCO3)CC2)cc1. The van der Waals surface area contributed by atoms with Gasteiger partial charge < -0.3 is 14.4 Å². The molecule has 8 nitrogen and oxygen atoms in total. The molecule has 2 aliphatic rings. The highest BCUT2D eigenvalue weighted by atomic mass is 32.2. The molecule has 2 heterocycles. The summed E-state index contributed by atoms with van der Waals surface area (Å²) in [7, 11) is -3.71. The largest absolute Gasteiger partial charge is 0.350 e. The van der Waals surface area contributed by atoms with Crippen molar-refractivity contribution in [1.82, 2.24) is 9.62 Å². The Morgan fingerprint density at radius 1 is 1.11 bits per heavy atom. The van der Waals surface area contributed by atoms with E-state index in [1.54, 1.807) is 4.90 Å². The van der Waals surface area contributed by atoms with Crippen LogP contribution < -0.4 is 4.72 Å². The Labute approximate surface area is 165 Å². The molecule has 28 heavy (non-hydrogen) atoms. The van der Waals surface area contributed by atoms with Crippen molar-refractivity contribution in [3.63, 3.8) is 0 Å². The third-order valence-corrected chi connectivity index (χ3v) is 6.60. The minimum Gasteiger partial charge on any atom is -0.350 e. The Kier molecular flexibility index (Phi) is 6.82. The van der Waals surface area contributed by atoms with E-state index < -0.39 is 10.0 Å². The number of hydrogen-bond donors (Lipinski definition) is 1. The first-order chi connectivity index (χ1) is 13.4. The maximum atomic E-state index is 12.4. The predicted octanol–water partition coefficient (Wildman–Crippen LogP) is 1.17. The van der Waals surface area contributed by atoms with Crippen molar-refractivity contribution in [1.29, 1.82) is 0 Å². The minimum absolute atomic E-state index is 0.0321. The van der Waals surface area contributed by atoms with Gasteiger partial charge in [0.15, 0.2) is 12.1 Å². The van der Waals surface area contributed by atoms with E-state index in [4.69, 9.17) is 9.47 Å². The molecule has 1 aromatic carbocycles. The topological polar surface area (TPSA) is 102 Å². The van der Waals surface area contributed by atoms with E-state index in [9.17, 15) is 18.0 Å². The molecule has 2 fully saturated rings. The van der Waals surface area contributed by atoms with Gasteiger partial charge in [-0.05, 0) is 31.9 Å². The van der Waals surface area contributed by atoms with Crippen LogP contribution in [-0.4, -0.2) is 64.1 Å². The number of carbonyl (C=O) groups is 2. The summed E-state index contributed by atoms with van der Waals surface area (Å²) in [6.45, 7) is 3.97. The van der Waals surface area contributed by atoms with Crippen LogP contribution in [0.1, 0.15) is 36.5 Å². The molecular weight excluding hydrogens is 384 g/mol. The second-order valence-corrected chi connectivity index (χ2v) is 8.82. The summed E-state index contributed by atoms with van der Waals surface area (Å²) < 4.78 is 38.1. The molecular formula is C19H26N2O6S. The van der Waals surface area contributed by atoms with Crippen LogP contribution in [0.2, 0.25) is 0 Å². The van der Waals surface area contributed by atoms with Crippen LogP contribution in [0.4, 0.5) is 0 Å².